The Kier molecular flexibility index (Phi) is 8.89. The summed E-state index contributed by atoms with van der Waals surface area (Å²) in [5.74, 6) is 0.448. The number of nitrogens with one attached hydrogen (secondary N) is 1. The predicted molar refractivity (Wildman–Crippen MR) is 77.1 cm³/mol. The average molecular weight is 365 g/mol. The number of ether oxygens (including phenoxy) is 1. The van der Waals surface area contributed by atoms with Crippen LogP contribution in [-0.4, -0.2) is 29.0 Å². The zero-order valence-electron chi connectivity index (χ0n) is 10.0. The van der Waals surface area contributed by atoms with E-state index in [4.69, 9.17) is 25.8 Å². The van der Waals surface area contributed by atoms with E-state index >= 15 is 0 Å². The smallest absolute Gasteiger partial charge is 0.290 e. The summed E-state index contributed by atoms with van der Waals surface area (Å²) in [6, 6.07) is 1.80. The summed E-state index contributed by atoms with van der Waals surface area (Å²) < 4.78 is 6.40. The van der Waals surface area contributed by atoms with Gasteiger partial charge in [0, 0.05) is 9.77 Å². The standard InChI is InChI=1S/C10H14IN3O.CH2O2/c1-2-3-4-15-10-8(9(12)13)5-7(11)6-14-10;2-1-3/h5-6H,2-4H2,1H3,(H3,12,13);1H,(H,2,3). The number of nitrogen functional groups attached to an aromatic ring is 1. The van der Waals surface area contributed by atoms with Crippen LogP contribution in [0.3, 0.4) is 0 Å². The molecule has 6 nitrogen and oxygen atoms in total. The lowest BCUT2D eigenvalue weighted by Gasteiger charge is -2.08. The predicted octanol–water partition coefficient (Wildman–Crippen LogP) is 1.85. The highest BCUT2D eigenvalue weighted by Crippen LogP contribution is 2.17. The van der Waals surface area contributed by atoms with Crippen molar-refractivity contribution in [2.45, 2.75) is 19.8 Å². The number of halogens is 1. The van der Waals surface area contributed by atoms with Crippen LogP contribution in [0.25, 0.3) is 0 Å². The summed E-state index contributed by atoms with van der Waals surface area (Å²) in [4.78, 5) is 12.5. The highest BCUT2D eigenvalue weighted by molar-refractivity contribution is 14.1. The van der Waals surface area contributed by atoms with E-state index in [0.717, 1.165) is 16.4 Å². The topological polar surface area (TPSA) is 109 Å². The van der Waals surface area contributed by atoms with Crippen molar-refractivity contribution in [1.29, 1.82) is 5.41 Å². The van der Waals surface area contributed by atoms with E-state index in [9.17, 15) is 0 Å². The Balaban J connectivity index is 0.000000873. The lowest BCUT2D eigenvalue weighted by Crippen LogP contribution is -2.14. The molecule has 0 aliphatic rings. The number of amidine groups is 1. The second kappa shape index (κ2) is 9.63. The van der Waals surface area contributed by atoms with Crippen molar-refractivity contribution < 1.29 is 14.6 Å². The molecule has 0 fully saturated rings. The van der Waals surface area contributed by atoms with Crippen molar-refractivity contribution in [2.24, 2.45) is 5.73 Å². The van der Waals surface area contributed by atoms with Gasteiger partial charge in [-0.05, 0) is 35.1 Å². The molecule has 0 aliphatic heterocycles. The molecule has 7 heteroatoms. The Morgan fingerprint density at radius 1 is 1.72 bits per heavy atom. The average Bonchev–Trinajstić information content (AvgIpc) is 2.32. The molecule has 1 aromatic rings. The number of nitrogens with two attached hydrogens (primary N) is 1. The molecule has 0 spiro atoms. The molecule has 1 aromatic heterocycles. The maximum atomic E-state index is 8.36. The van der Waals surface area contributed by atoms with Crippen LogP contribution in [0.15, 0.2) is 12.3 Å². The number of rotatable bonds is 5. The lowest BCUT2D eigenvalue weighted by atomic mass is 10.2. The van der Waals surface area contributed by atoms with E-state index in [1.807, 2.05) is 0 Å². The molecule has 0 aromatic carbocycles. The van der Waals surface area contributed by atoms with E-state index in [1.54, 1.807) is 12.3 Å². The van der Waals surface area contributed by atoms with Crippen LogP contribution in [0.5, 0.6) is 5.88 Å². The first-order valence-corrected chi connectivity index (χ1v) is 6.35. The van der Waals surface area contributed by atoms with Crippen molar-refractivity contribution in [2.75, 3.05) is 6.61 Å². The number of aromatic nitrogens is 1. The number of hydrogen-bond donors (Lipinski definition) is 3. The molecule has 0 radical (unpaired) electrons. The van der Waals surface area contributed by atoms with Gasteiger partial charge in [0.05, 0.1) is 12.2 Å². The minimum absolute atomic E-state index is 0.00693. The largest absolute Gasteiger partial charge is 0.483 e. The van der Waals surface area contributed by atoms with E-state index in [1.165, 1.54) is 0 Å². The van der Waals surface area contributed by atoms with Crippen molar-refractivity contribution in [3.8, 4) is 5.88 Å². The van der Waals surface area contributed by atoms with Crippen LogP contribution < -0.4 is 10.5 Å². The number of carboxylic acid groups (broad SMARTS) is 1. The quantitative estimate of drug-likeness (QED) is 0.243. The molecule has 0 atom stereocenters. The van der Waals surface area contributed by atoms with Gasteiger partial charge in [-0.25, -0.2) is 4.98 Å². The van der Waals surface area contributed by atoms with Crippen LogP contribution >= 0.6 is 22.6 Å². The zero-order chi connectivity index (χ0) is 14.0. The normalized spacial score (nSPS) is 9.00. The number of nitrogens with zero attached hydrogens (tertiary/aromatic N) is 1. The van der Waals surface area contributed by atoms with Crippen molar-refractivity contribution >= 4 is 34.9 Å². The minimum Gasteiger partial charge on any atom is -0.483 e. The van der Waals surface area contributed by atoms with Gasteiger partial charge in [0.15, 0.2) is 0 Å². The van der Waals surface area contributed by atoms with Crippen LogP contribution in [0.4, 0.5) is 0 Å². The molecule has 1 heterocycles. The molecule has 100 valence electrons. The highest BCUT2D eigenvalue weighted by Gasteiger charge is 2.08. The van der Waals surface area contributed by atoms with Gasteiger partial charge in [-0.15, -0.1) is 0 Å². The molecule has 0 saturated heterocycles. The van der Waals surface area contributed by atoms with Crippen LogP contribution in [0.2, 0.25) is 0 Å². The molecule has 0 bridgehead atoms. The second-order valence-corrected chi connectivity index (χ2v) is 4.47. The van der Waals surface area contributed by atoms with E-state index in [-0.39, 0.29) is 12.3 Å². The Morgan fingerprint density at radius 2 is 2.33 bits per heavy atom. The molecule has 0 saturated carbocycles. The Bertz CT molecular complexity index is 399. The first-order chi connectivity index (χ1) is 8.56. The van der Waals surface area contributed by atoms with Gasteiger partial charge >= 0.3 is 0 Å². The summed E-state index contributed by atoms with van der Waals surface area (Å²) >= 11 is 2.13. The van der Waals surface area contributed by atoms with E-state index in [0.29, 0.717) is 18.1 Å². The van der Waals surface area contributed by atoms with E-state index < -0.39 is 0 Å². The summed E-state index contributed by atoms with van der Waals surface area (Å²) in [7, 11) is 0. The third-order valence-electron chi connectivity index (χ3n) is 1.84. The molecule has 4 N–H and O–H groups in total. The third kappa shape index (κ3) is 6.38. The van der Waals surface area contributed by atoms with Crippen LogP contribution in [0, 0.1) is 8.98 Å². The molecule has 1 rings (SSSR count). The number of hydrogen-bond acceptors (Lipinski definition) is 4. The van der Waals surface area contributed by atoms with Crippen molar-refractivity contribution in [1.82, 2.24) is 4.98 Å². The molecule has 0 unspecified atom stereocenters. The third-order valence-corrected chi connectivity index (χ3v) is 2.43. The van der Waals surface area contributed by atoms with Gasteiger partial charge in [0.2, 0.25) is 5.88 Å². The van der Waals surface area contributed by atoms with Crippen LogP contribution in [0.1, 0.15) is 25.3 Å². The Morgan fingerprint density at radius 3 is 2.83 bits per heavy atom. The first-order valence-electron chi connectivity index (χ1n) is 5.27. The fraction of sp³-hybridized carbons (Fsp3) is 0.364. The number of pyridine rings is 1. The monoisotopic (exact) mass is 365 g/mol. The molecule has 0 amide bonds. The molecular formula is C11H16IN3O3. The fourth-order valence-electron chi connectivity index (χ4n) is 1.05. The molecular weight excluding hydrogens is 349 g/mol. The van der Waals surface area contributed by atoms with Crippen molar-refractivity contribution in [3.63, 3.8) is 0 Å². The van der Waals surface area contributed by atoms with Gasteiger partial charge < -0.3 is 15.6 Å². The van der Waals surface area contributed by atoms with Crippen molar-refractivity contribution in [3.05, 3.63) is 21.4 Å². The van der Waals surface area contributed by atoms with Gasteiger partial charge in [0.1, 0.15) is 5.84 Å². The van der Waals surface area contributed by atoms with Gasteiger partial charge in [-0.1, -0.05) is 13.3 Å². The summed E-state index contributed by atoms with van der Waals surface area (Å²) in [5, 5.41) is 14.3. The van der Waals surface area contributed by atoms with E-state index in [2.05, 4.69) is 34.5 Å². The zero-order valence-corrected chi connectivity index (χ0v) is 12.2. The number of unbranched alkanes of at least 4 members (excludes halogenated alkanes) is 1. The van der Waals surface area contributed by atoms with Gasteiger partial charge in [0.25, 0.3) is 6.47 Å². The molecule has 18 heavy (non-hydrogen) atoms. The minimum atomic E-state index is -0.250. The Hall–Kier alpha value is -1.38. The number of carbonyl (C=O) groups is 1. The summed E-state index contributed by atoms with van der Waals surface area (Å²) in [6.45, 7) is 2.46. The van der Waals surface area contributed by atoms with Crippen LogP contribution in [-0.2, 0) is 4.79 Å². The first kappa shape index (κ1) is 16.6. The SMILES string of the molecule is CCCCOc1ncc(I)cc1C(=N)N.O=CO. The lowest BCUT2D eigenvalue weighted by molar-refractivity contribution is -0.122. The van der Waals surface area contributed by atoms with Gasteiger partial charge in [-0.2, -0.15) is 0 Å². The maximum Gasteiger partial charge on any atom is 0.290 e. The molecule has 0 aliphatic carbocycles. The summed E-state index contributed by atoms with van der Waals surface area (Å²) in [6.07, 6.45) is 3.75. The Labute approximate surface area is 119 Å². The second-order valence-electron chi connectivity index (χ2n) is 3.23. The summed E-state index contributed by atoms with van der Waals surface area (Å²) in [5.41, 5.74) is 6.02. The highest BCUT2D eigenvalue weighted by atomic mass is 127. The maximum absolute atomic E-state index is 8.36. The fourth-order valence-corrected chi connectivity index (χ4v) is 1.50. The van der Waals surface area contributed by atoms with Gasteiger partial charge in [-0.3, -0.25) is 10.2 Å².